The van der Waals surface area contributed by atoms with Crippen molar-refractivity contribution in [2.24, 2.45) is 5.73 Å². The summed E-state index contributed by atoms with van der Waals surface area (Å²) in [5.74, 6) is 2.91. The van der Waals surface area contributed by atoms with Gasteiger partial charge in [0.15, 0.2) is 0 Å². The summed E-state index contributed by atoms with van der Waals surface area (Å²) in [6.45, 7) is 2.75. The molecule has 0 bridgehead atoms. The lowest BCUT2D eigenvalue weighted by atomic mass is 10.2. The zero-order valence-corrected chi connectivity index (χ0v) is 12.0. The molecule has 96 valence electrons. The molecule has 4 heteroatoms. The molecule has 0 aliphatic carbocycles. The Morgan fingerprint density at radius 2 is 1.89 bits per heavy atom. The predicted octanol–water partition coefficient (Wildman–Crippen LogP) is 4.14. The molecule has 18 heavy (non-hydrogen) atoms. The van der Waals surface area contributed by atoms with Crippen molar-refractivity contribution in [2.45, 2.75) is 29.0 Å². The molecule has 1 heterocycles. The molecular formula is C14H17NOS2. The third-order valence-electron chi connectivity index (χ3n) is 2.54. The van der Waals surface area contributed by atoms with Crippen LogP contribution in [0.5, 0.6) is 0 Å². The smallest absolute Gasteiger partial charge is 0.113 e. The Labute approximate surface area is 116 Å². The fraction of sp³-hybridized carbons (Fsp3) is 0.286. The van der Waals surface area contributed by atoms with Crippen LogP contribution in [0.2, 0.25) is 0 Å². The van der Waals surface area contributed by atoms with E-state index in [0.717, 1.165) is 17.3 Å². The van der Waals surface area contributed by atoms with Crippen LogP contribution in [0, 0.1) is 0 Å². The van der Waals surface area contributed by atoms with Gasteiger partial charge >= 0.3 is 0 Å². The van der Waals surface area contributed by atoms with E-state index < -0.39 is 0 Å². The van der Waals surface area contributed by atoms with Gasteiger partial charge in [0, 0.05) is 16.3 Å². The first kappa shape index (κ1) is 13.6. The highest BCUT2D eigenvalue weighted by molar-refractivity contribution is 7.99. The average Bonchev–Trinajstić information content (AvgIpc) is 2.90. The van der Waals surface area contributed by atoms with Crippen LogP contribution in [0.4, 0.5) is 0 Å². The van der Waals surface area contributed by atoms with E-state index in [1.54, 1.807) is 18.0 Å². The average molecular weight is 279 g/mol. The fourth-order valence-corrected chi connectivity index (χ4v) is 3.64. The van der Waals surface area contributed by atoms with Gasteiger partial charge < -0.3 is 10.2 Å². The summed E-state index contributed by atoms with van der Waals surface area (Å²) in [5.41, 5.74) is 7.13. The molecule has 1 aromatic carbocycles. The number of hydrogen-bond acceptors (Lipinski definition) is 4. The largest absolute Gasteiger partial charge is 0.468 e. The Balaban J connectivity index is 2.13. The molecule has 2 nitrogen and oxygen atoms in total. The number of thioether (sulfide) groups is 2. The second-order valence-corrected chi connectivity index (χ2v) is 6.06. The van der Waals surface area contributed by atoms with Crippen LogP contribution in [0.3, 0.4) is 0 Å². The zero-order chi connectivity index (χ0) is 12.8. The van der Waals surface area contributed by atoms with Crippen molar-refractivity contribution < 1.29 is 4.42 Å². The van der Waals surface area contributed by atoms with Gasteiger partial charge in [-0.3, -0.25) is 0 Å². The first-order chi connectivity index (χ1) is 8.85. The van der Waals surface area contributed by atoms with Gasteiger partial charge in [0.25, 0.3) is 0 Å². The highest BCUT2D eigenvalue weighted by atomic mass is 32.2. The quantitative estimate of drug-likeness (QED) is 0.807. The second-order valence-electron chi connectivity index (χ2n) is 3.74. The lowest BCUT2D eigenvalue weighted by molar-refractivity contribution is 0.530. The molecule has 0 amide bonds. The van der Waals surface area contributed by atoms with Crippen molar-refractivity contribution in [3.05, 3.63) is 47.9 Å². The first-order valence-electron chi connectivity index (χ1n) is 5.95. The molecule has 0 unspecified atom stereocenters. The molecule has 2 N–H and O–H groups in total. The monoisotopic (exact) mass is 279 g/mol. The Morgan fingerprint density at radius 3 is 2.50 bits per heavy atom. The minimum atomic E-state index is 0.587. The molecule has 0 saturated heterocycles. The number of nitrogens with two attached hydrogens (primary N) is 1. The summed E-state index contributed by atoms with van der Waals surface area (Å²) < 4.78 is 5.35. The Hall–Kier alpha value is -0.840. The summed E-state index contributed by atoms with van der Waals surface area (Å²) in [6.07, 6.45) is 1.71. The van der Waals surface area contributed by atoms with Gasteiger partial charge in [-0.25, -0.2) is 0 Å². The molecule has 0 spiro atoms. The standard InChI is InChI=1S/C14H17NOS2/c1-2-17-13-6-3-7-14(12(13)9-15)18-10-11-5-4-8-16-11/h3-8H,2,9-10,15H2,1H3. The number of hydrogen-bond donors (Lipinski definition) is 1. The maximum atomic E-state index is 5.88. The molecule has 0 atom stereocenters. The molecule has 0 aliphatic heterocycles. The maximum Gasteiger partial charge on any atom is 0.113 e. The van der Waals surface area contributed by atoms with Crippen LogP contribution in [-0.4, -0.2) is 5.75 Å². The number of furan rings is 1. The highest BCUT2D eigenvalue weighted by Crippen LogP contribution is 2.32. The van der Waals surface area contributed by atoms with Crippen LogP contribution < -0.4 is 5.73 Å². The summed E-state index contributed by atoms with van der Waals surface area (Å²) >= 11 is 3.63. The van der Waals surface area contributed by atoms with E-state index in [9.17, 15) is 0 Å². The van der Waals surface area contributed by atoms with Crippen molar-refractivity contribution in [2.75, 3.05) is 5.75 Å². The summed E-state index contributed by atoms with van der Waals surface area (Å²) in [5, 5.41) is 0. The van der Waals surface area contributed by atoms with Crippen LogP contribution >= 0.6 is 23.5 Å². The van der Waals surface area contributed by atoms with Crippen molar-refractivity contribution in [3.63, 3.8) is 0 Å². The first-order valence-corrected chi connectivity index (χ1v) is 7.92. The van der Waals surface area contributed by atoms with Crippen LogP contribution in [0.15, 0.2) is 50.8 Å². The van der Waals surface area contributed by atoms with E-state index in [2.05, 4.69) is 25.1 Å². The minimum absolute atomic E-state index is 0.587. The van der Waals surface area contributed by atoms with Crippen molar-refractivity contribution in [3.8, 4) is 0 Å². The predicted molar refractivity (Wildman–Crippen MR) is 79.0 cm³/mol. The molecule has 0 aliphatic rings. The molecule has 2 rings (SSSR count). The minimum Gasteiger partial charge on any atom is -0.468 e. The molecule has 1 aromatic heterocycles. The van der Waals surface area contributed by atoms with E-state index in [0.29, 0.717) is 6.54 Å². The van der Waals surface area contributed by atoms with E-state index in [1.807, 2.05) is 23.9 Å². The van der Waals surface area contributed by atoms with E-state index in [1.165, 1.54) is 15.4 Å². The van der Waals surface area contributed by atoms with Gasteiger partial charge in [-0.05, 0) is 35.6 Å². The van der Waals surface area contributed by atoms with E-state index in [-0.39, 0.29) is 0 Å². The number of benzene rings is 1. The number of rotatable bonds is 6. The SMILES string of the molecule is CCSc1cccc(SCc2ccco2)c1CN. The molecular weight excluding hydrogens is 262 g/mol. The van der Waals surface area contributed by atoms with Gasteiger partial charge in [-0.2, -0.15) is 0 Å². The van der Waals surface area contributed by atoms with Crippen LogP contribution in [0.1, 0.15) is 18.2 Å². The molecule has 0 fully saturated rings. The second kappa shape index (κ2) is 6.92. The lowest BCUT2D eigenvalue weighted by Crippen LogP contribution is -2.01. The lowest BCUT2D eigenvalue weighted by Gasteiger charge is -2.11. The van der Waals surface area contributed by atoms with E-state index >= 15 is 0 Å². The topological polar surface area (TPSA) is 39.2 Å². The summed E-state index contributed by atoms with van der Waals surface area (Å²) in [7, 11) is 0. The van der Waals surface area contributed by atoms with Crippen molar-refractivity contribution >= 4 is 23.5 Å². The van der Waals surface area contributed by atoms with Crippen molar-refractivity contribution in [1.29, 1.82) is 0 Å². The highest BCUT2D eigenvalue weighted by Gasteiger charge is 2.08. The normalized spacial score (nSPS) is 10.8. The maximum absolute atomic E-state index is 5.88. The summed E-state index contributed by atoms with van der Waals surface area (Å²) in [4.78, 5) is 2.55. The Morgan fingerprint density at radius 1 is 1.11 bits per heavy atom. The third kappa shape index (κ3) is 3.34. The molecule has 0 radical (unpaired) electrons. The van der Waals surface area contributed by atoms with Crippen LogP contribution in [-0.2, 0) is 12.3 Å². The van der Waals surface area contributed by atoms with Crippen LogP contribution in [0.25, 0.3) is 0 Å². The van der Waals surface area contributed by atoms with Gasteiger partial charge in [0.2, 0.25) is 0 Å². The zero-order valence-electron chi connectivity index (χ0n) is 10.4. The summed E-state index contributed by atoms with van der Waals surface area (Å²) in [6, 6.07) is 10.3. The molecule has 0 saturated carbocycles. The van der Waals surface area contributed by atoms with Gasteiger partial charge in [-0.1, -0.05) is 13.0 Å². The van der Waals surface area contributed by atoms with Crippen molar-refractivity contribution in [1.82, 2.24) is 0 Å². The Kier molecular flexibility index (Phi) is 5.23. The van der Waals surface area contributed by atoms with E-state index in [4.69, 9.17) is 10.2 Å². The van der Waals surface area contributed by atoms with Gasteiger partial charge in [-0.15, -0.1) is 23.5 Å². The fourth-order valence-electron chi connectivity index (χ4n) is 1.72. The van der Waals surface area contributed by atoms with Gasteiger partial charge in [0.05, 0.1) is 12.0 Å². The van der Waals surface area contributed by atoms with Gasteiger partial charge in [0.1, 0.15) is 5.76 Å². The molecule has 2 aromatic rings. The third-order valence-corrected chi connectivity index (χ3v) is 4.65. The Bertz CT molecular complexity index is 483.